The van der Waals surface area contributed by atoms with E-state index in [0.29, 0.717) is 11.5 Å². The molecule has 0 amide bonds. The summed E-state index contributed by atoms with van der Waals surface area (Å²) < 4.78 is 10.4. The first-order chi connectivity index (χ1) is 11.0. The quantitative estimate of drug-likeness (QED) is 0.718. The summed E-state index contributed by atoms with van der Waals surface area (Å²) in [6.07, 6.45) is 0.270. The van der Waals surface area contributed by atoms with Gasteiger partial charge in [-0.05, 0) is 17.7 Å². The van der Waals surface area contributed by atoms with Crippen LogP contribution in [0.5, 0.6) is 11.5 Å². The highest BCUT2D eigenvalue weighted by molar-refractivity contribution is 7.99. The van der Waals surface area contributed by atoms with Gasteiger partial charge in [-0.15, -0.1) is 10.2 Å². The van der Waals surface area contributed by atoms with Crippen LogP contribution in [0.1, 0.15) is 11.3 Å². The van der Waals surface area contributed by atoms with Crippen molar-refractivity contribution in [3.8, 4) is 11.5 Å². The van der Waals surface area contributed by atoms with Crippen LogP contribution < -0.4 is 15.0 Å². The Morgan fingerprint density at radius 3 is 2.61 bits per heavy atom. The number of nitrogens with zero attached hydrogens (tertiary/aromatic N) is 2. The van der Waals surface area contributed by atoms with E-state index in [1.54, 1.807) is 25.3 Å². The summed E-state index contributed by atoms with van der Waals surface area (Å²) in [6.45, 7) is 0. The van der Waals surface area contributed by atoms with Crippen molar-refractivity contribution in [1.82, 2.24) is 15.2 Å². The summed E-state index contributed by atoms with van der Waals surface area (Å²) in [5.74, 6) is -0.0358. The molecule has 0 bridgehead atoms. The van der Waals surface area contributed by atoms with Crippen molar-refractivity contribution in [1.29, 1.82) is 0 Å². The van der Waals surface area contributed by atoms with Gasteiger partial charge in [-0.25, -0.2) is 0 Å². The van der Waals surface area contributed by atoms with E-state index in [2.05, 4.69) is 15.2 Å². The highest BCUT2D eigenvalue weighted by Crippen LogP contribution is 2.28. The van der Waals surface area contributed by atoms with Crippen molar-refractivity contribution >= 4 is 17.7 Å². The maximum absolute atomic E-state index is 12.0. The van der Waals surface area contributed by atoms with Crippen LogP contribution in [-0.2, 0) is 11.2 Å². The van der Waals surface area contributed by atoms with Gasteiger partial charge in [0.05, 0.1) is 20.0 Å². The fourth-order valence-electron chi connectivity index (χ4n) is 1.84. The summed E-state index contributed by atoms with van der Waals surface area (Å²) in [5, 5.41) is 16.5. The Balaban J connectivity index is 2.17. The zero-order chi connectivity index (χ0) is 16.8. The third-order valence-electron chi connectivity index (χ3n) is 2.90. The average Bonchev–Trinajstić information content (AvgIpc) is 2.55. The predicted octanol–water partition coefficient (Wildman–Crippen LogP) is 0.950. The second-order valence-corrected chi connectivity index (χ2v) is 5.42. The summed E-state index contributed by atoms with van der Waals surface area (Å²) in [5.41, 5.74) is 0.646. The number of hydrogen-bond donors (Lipinski definition) is 2. The number of ether oxygens (including phenoxy) is 2. The van der Waals surface area contributed by atoms with Crippen molar-refractivity contribution < 1.29 is 19.4 Å². The summed E-state index contributed by atoms with van der Waals surface area (Å²) >= 11 is 0.903. The van der Waals surface area contributed by atoms with Gasteiger partial charge in [0.25, 0.3) is 5.56 Å². The maximum Gasteiger partial charge on any atom is 0.313 e. The number of aromatic amines is 1. The highest BCUT2D eigenvalue weighted by atomic mass is 32.2. The molecule has 0 radical (unpaired) electrons. The Morgan fingerprint density at radius 2 is 2.00 bits per heavy atom. The number of carboxylic acid groups (broad SMARTS) is 1. The molecule has 1 aromatic carbocycles. The molecule has 0 atom stereocenters. The molecular formula is C14H15N3O5S. The largest absolute Gasteiger partial charge is 0.493 e. The third-order valence-corrected chi connectivity index (χ3v) is 3.74. The number of methoxy groups -OCH3 is 2. The van der Waals surface area contributed by atoms with Crippen LogP contribution in [0.2, 0.25) is 0 Å². The number of hydrogen-bond acceptors (Lipinski definition) is 7. The van der Waals surface area contributed by atoms with Gasteiger partial charge in [0, 0.05) is 6.42 Å². The molecule has 1 heterocycles. The molecule has 122 valence electrons. The van der Waals surface area contributed by atoms with Gasteiger partial charge in [0.15, 0.2) is 16.7 Å². The molecule has 0 aliphatic carbocycles. The monoisotopic (exact) mass is 337 g/mol. The number of H-pyrrole nitrogens is 1. The Bertz CT molecular complexity index is 762. The standard InChI is InChI=1S/C14H15N3O5S/c1-21-10-4-3-8(6-11(10)22-2)5-9-13(20)15-14(17-16-9)23-7-12(18)19/h3-4,6H,5,7H2,1-2H3,(H,18,19)(H,15,17,20). The number of carboxylic acids is 1. The molecule has 0 aliphatic heterocycles. The second kappa shape index (κ2) is 7.63. The molecule has 2 aromatic rings. The van der Waals surface area contributed by atoms with Gasteiger partial charge in [-0.3, -0.25) is 14.6 Å². The SMILES string of the molecule is COc1ccc(Cc2nnc(SCC(=O)O)[nH]c2=O)cc1OC. The van der Waals surface area contributed by atoms with Crippen molar-refractivity contribution in [3.63, 3.8) is 0 Å². The van der Waals surface area contributed by atoms with Gasteiger partial charge < -0.3 is 14.6 Å². The number of rotatable bonds is 7. The van der Waals surface area contributed by atoms with Crippen LogP contribution in [-0.4, -0.2) is 46.2 Å². The first-order valence-electron chi connectivity index (χ1n) is 6.55. The van der Waals surface area contributed by atoms with Gasteiger partial charge >= 0.3 is 5.97 Å². The van der Waals surface area contributed by atoms with Crippen molar-refractivity contribution in [2.45, 2.75) is 11.6 Å². The minimum atomic E-state index is -0.993. The van der Waals surface area contributed by atoms with E-state index in [9.17, 15) is 9.59 Å². The van der Waals surface area contributed by atoms with Crippen LogP contribution in [0.15, 0.2) is 28.2 Å². The number of thioether (sulfide) groups is 1. The number of carbonyl (C=O) groups is 1. The Kier molecular flexibility index (Phi) is 5.58. The molecule has 2 rings (SSSR count). The van der Waals surface area contributed by atoms with Crippen molar-refractivity contribution in [3.05, 3.63) is 39.8 Å². The van der Waals surface area contributed by atoms with Crippen LogP contribution >= 0.6 is 11.8 Å². The highest BCUT2D eigenvalue weighted by Gasteiger charge is 2.10. The lowest BCUT2D eigenvalue weighted by molar-refractivity contribution is -0.133. The minimum absolute atomic E-state index is 0.175. The molecule has 2 N–H and O–H groups in total. The van der Waals surface area contributed by atoms with E-state index in [1.165, 1.54) is 7.11 Å². The molecule has 0 fully saturated rings. The Labute approximate surface area is 135 Å². The van der Waals surface area contributed by atoms with E-state index in [-0.39, 0.29) is 23.0 Å². The lowest BCUT2D eigenvalue weighted by atomic mass is 10.1. The topological polar surface area (TPSA) is 114 Å². The normalized spacial score (nSPS) is 10.3. The van der Waals surface area contributed by atoms with E-state index in [1.807, 2.05) is 0 Å². The zero-order valence-electron chi connectivity index (χ0n) is 12.5. The Morgan fingerprint density at radius 1 is 1.26 bits per heavy atom. The van der Waals surface area contributed by atoms with Gasteiger partial charge in [0.1, 0.15) is 5.69 Å². The molecule has 9 heteroatoms. The number of nitrogens with one attached hydrogen (secondary N) is 1. The summed E-state index contributed by atoms with van der Waals surface area (Å²) in [4.78, 5) is 25.0. The smallest absolute Gasteiger partial charge is 0.313 e. The van der Waals surface area contributed by atoms with E-state index >= 15 is 0 Å². The summed E-state index contributed by atoms with van der Waals surface area (Å²) in [6, 6.07) is 5.30. The minimum Gasteiger partial charge on any atom is -0.493 e. The van der Waals surface area contributed by atoms with Crippen LogP contribution in [0.4, 0.5) is 0 Å². The fraction of sp³-hybridized carbons (Fsp3) is 0.286. The van der Waals surface area contributed by atoms with Gasteiger partial charge in [-0.2, -0.15) is 0 Å². The molecule has 0 spiro atoms. The molecule has 0 unspecified atom stereocenters. The van der Waals surface area contributed by atoms with Crippen molar-refractivity contribution in [2.75, 3.05) is 20.0 Å². The van der Waals surface area contributed by atoms with E-state index in [4.69, 9.17) is 14.6 Å². The molecular weight excluding hydrogens is 322 g/mol. The number of aliphatic carboxylic acids is 1. The lowest BCUT2D eigenvalue weighted by Gasteiger charge is -2.09. The fourth-order valence-corrected chi connectivity index (χ4v) is 2.36. The van der Waals surface area contributed by atoms with Gasteiger partial charge in [-0.1, -0.05) is 17.8 Å². The van der Waals surface area contributed by atoms with Crippen molar-refractivity contribution in [2.24, 2.45) is 0 Å². The molecule has 0 saturated carbocycles. The van der Waals surface area contributed by atoms with E-state index in [0.717, 1.165) is 17.3 Å². The van der Waals surface area contributed by atoms with Gasteiger partial charge in [0.2, 0.25) is 0 Å². The predicted molar refractivity (Wildman–Crippen MR) is 83.4 cm³/mol. The maximum atomic E-state index is 12.0. The second-order valence-electron chi connectivity index (χ2n) is 4.45. The van der Waals surface area contributed by atoms with Crippen LogP contribution in [0, 0.1) is 0 Å². The third kappa shape index (κ3) is 4.46. The molecule has 8 nitrogen and oxygen atoms in total. The zero-order valence-corrected chi connectivity index (χ0v) is 13.3. The molecule has 23 heavy (non-hydrogen) atoms. The van der Waals surface area contributed by atoms with Crippen LogP contribution in [0.25, 0.3) is 0 Å². The lowest BCUT2D eigenvalue weighted by Crippen LogP contribution is -2.18. The van der Waals surface area contributed by atoms with E-state index < -0.39 is 11.5 Å². The molecule has 1 aromatic heterocycles. The van der Waals surface area contributed by atoms with Crippen LogP contribution in [0.3, 0.4) is 0 Å². The first kappa shape index (κ1) is 16.8. The number of benzene rings is 1. The summed E-state index contributed by atoms with van der Waals surface area (Å²) in [7, 11) is 3.07. The molecule has 0 aliphatic rings. The number of aromatic nitrogens is 3. The molecule has 0 saturated heterocycles. The average molecular weight is 337 g/mol. The Hall–Kier alpha value is -2.55. The first-order valence-corrected chi connectivity index (χ1v) is 7.53.